The highest BCUT2D eigenvalue weighted by molar-refractivity contribution is 7.07. The van der Waals surface area contributed by atoms with Crippen LogP contribution < -0.4 is 30.3 Å². The van der Waals surface area contributed by atoms with Crippen LogP contribution in [0.25, 0.3) is 11.8 Å². The molecule has 2 atom stereocenters. The monoisotopic (exact) mass is 536 g/mol. The number of carbonyl (C=O) groups is 2. The molecule has 1 aliphatic rings. The largest absolute Gasteiger partial charge is 0.373 e. The molecule has 1 aromatic heterocycles. The van der Waals surface area contributed by atoms with Crippen LogP contribution in [0.2, 0.25) is 0 Å². The number of ether oxygens (including phenoxy) is 1. The Kier molecular flexibility index (Phi) is 9.85. The van der Waals surface area contributed by atoms with Crippen LogP contribution in [0.1, 0.15) is 20.8 Å². The highest BCUT2D eigenvalue weighted by Gasteiger charge is 2.25. The topological polar surface area (TPSA) is 120 Å². The van der Waals surface area contributed by atoms with Gasteiger partial charge >= 0.3 is 0 Å². The molecule has 1 aliphatic heterocycles. The van der Waals surface area contributed by atoms with Crippen LogP contribution >= 0.6 is 11.3 Å². The fraction of sp³-hybridized carbons (Fsp3) is 0.407. The van der Waals surface area contributed by atoms with Gasteiger partial charge in [0.25, 0.3) is 11.5 Å². The normalized spacial score (nSPS) is 18.7. The average molecular weight is 537 g/mol. The van der Waals surface area contributed by atoms with E-state index in [1.165, 1.54) is 10.8 Å². The number of hydrogen-bond donors (Lipinski definition) is 2. The minimum atomic E-state index is -0.630. The second-order valence-electron chi connectivity index (χ2n) is 8.94. The molecule has 10 nitrogen and oxygen atoms in total. The third kappa shape index (κ3) is 6.90. The Hall–Kier alpha value is -3.90. The minimum Gasteiger partial charge on any atom is -0.373 e. The van der Waals surface area contributed by atoms with Gasteiger partial charge in [0, 0.05) is 44.3 Å². The third-order valence-electron chi connectivity index (χ3n) is 5.96. The number of aromatic nitrogens is 1. The molecule has 0 bridgehead atoms. The summed E-state index contributed by atoms with van der Waals surface area (Å²) < 4.78 is 7.71. The lowest BCUT2D eigenvalue weighted by atomic mass is 10.2. The Morgan fingerprint density at radius 3 is 2.66 bits per heavy atom. The summed E-state index contributed by atoms with van der Waals surface area (Å²) in [6.07, 6.45) is 6.87. The zero-order valence-electron chi connectivity index (χ0n) is 22.0. The van der Waals surface area contributed by atoms with Gasteiger partial charge in [-0.15, -0.1) is 17.8 Å². The second-order valence-corrected chi connectivity index (χ2v) is 9.97. The number of benzene rings is 1. The summed E-state index contributed by atoms with van der Waals surface area (Å²) in [5.41, 5.74) is 0.875. The number of rotatable bonds is 8. The van der Waals surface area contributed by atoms with E-state index in [9.17, 15) is 19.6 Å². The first-order chi connectivity index (χ1) is 18.2. The standard InChI is InChI=1S/C27H32N6O4S/c1-6-11-29-25(35)22(13-28)27-33(7-2)26(36)23(38-27)14-30-20-9-8-10-21(12-20)31(5)24(34)17-32-15-18(3)37-19(4)16-32/h1,8-10,12,14,18-19,30H,7,11,15-17H2,2-5H3,(H,29,35). The Morgan fingerprint density at radius 1 is 1.32 bits per heavy atom. The van der Waals surface area contributed by atoms with E-state index in [4.69, 9.17) is 11.2 Å². The smallest absolute Gasteiger partial charge is 0.270 e. The second kappa shape index (κ2) is 13.1. The first-order valence-electron chi connectivity index (χ1n) is 12.2. The molecule has 11 heteroatoms. The third-order valence-corrected chi connectivity index (χ3v) is 7.09. The lowest BCUT2D eigenvalue weighted by molar-refractivity contribution is -0.123. The van der Waals surface area contributed by atoms with Crippen LogP contribution in [0.3, 0.4) is 0 Å². The molecule has 200 valence electrons. The molecule has 0 radical (unpaired) electrons. The van der Waals surface area contributed by atoms with E-state index in [1.54, 1.807) is 18.9 Å². The molecule has 2 aromatic rings. The van der Waals surface area contributed by atoms with Crippen LogP contribution in [0, 0.1) is 23.7 Å². The zero-order chi connectivity index (χ0) is 27.8. The van der Waals surface area contributed by atoms with E-state index in [2.05, 4.69) is 21.5 Å². The van der Waals surface area contributed by atoms with Gasteiger partial charge in [-0.1, -0.05) is 12.0 Å². The summed E-state index contributed by atoms with van der Waals surface area (Å²) in [5.74, 6) is 1.62. The van der Waals surface area contributed by atoms with E-state index in [0.29, 0.717) is 35.5 Å². The highest BCUT2D eigenvalue weighted by Crippen LogP contribution is 2.19. The number of nitrogens with zero attached hydrogens (tertiary/aromatic N) is 4. The SMILES string of the molecule is C#CCNC(=O)C(C#N)=c1sc(=CNc2cccc(N(C)C(=O)CN3CC(C)OC(C)C3)c2)c(=O)n1CC. The van der Waals surface area contributed by atoms with Gasteiger partial charge < -0.3 is 20.3 Å². The van der Waals surface area contributed by atoms with Crippen LogP contribution in [0.15, 0.2) is 29.1 Å². The van der Waals surface area contributed by atoms with E-state index >= 15 is 0 Å². The van der Waals surface area contributed by atoms with Gasteiger partial charge in [-0.3, -0.25) is 23.9 Å². The molecule has 38 heavy (non-hydrogen) atoms. The number of carbonyl (C=O) groups excluding carboxylic acids is 2. The van der Waals surface area contributed by atoms with Crippen molar-refractivity contribution >= 4 is 46.3 Å². The summed E-state index contributed by atoms with van der Waals surface area (Å²) >= 11 is 1.04. The number of likely N-dealkylation sites (N-methyl/N-ethyl adjacent to an activating group) is 1. The fourth-order valence-electron chi connectivity index (χ4n) is 4.22. The number of amides is 2. The number of nitrogens with one attached hydrogen (secondary N) is 2. The Labute approximate surface area is 225 Å². The quantitative estimate of drug-likeness (QED) is 0.465. The van der Waals surface area contributed by atoms with Crippen molar-refractivity contribution in [3.63, 3.8) is 0 Å². The van der Waals surface area contributed by atoms with E-state index in [0.717, 1.165) is 11.3 Å². The van der Waals surface area contributed by atoms with E-state index in [1.807, 2.05) is 44.2 Å². The van der Waals surface area contributed by atoms with Crippen molar-refractivity contribution in [1.82, 2.24) is 14.8 Å². The molecule has 2 heterocycles. The maximum Gasteiger partial charge on any atom is 0.270 e. The molecule has 2 N–H and O–H groups in total. The number of hydrogen-bond acceptors (Lipinski definition) is 8. The predicted octanol–water partition coefficient (Wildman–Crippen LogP) is 0.275. The lowest BCUT2D eigenvalue weighted by Gasteiger charge is -2.35. The number of morpholine rings is 1. The summed E-state index contributed by atoms with van der Waals surface area (Å²) in [7, 11) is 1.73. The number of anilines is 2. The molecule has 0 saturated carbocycles. The van der Waals surface area contributed by atoms with Gasteiger partial charge in [0.2, 0.25) is 5.91 Å². The number of nitriles is 1. The summed E-state index contributed by atoms with van der Waals surface area (Å²) in [6, 6.07) is 9.17. The van der Waals surface area contributed by atoms with Gasteiger partial charge in [-0.05, 0) is 39.0 Å². The Morgan fingerprint density at radius 2 is 2.03 bits per heavy atom. The van der Waals surface area contributed by atoms with E-state index in [-0.39, 0.29) is 47.0 Å². The average Bonchev–Trinajstić information content (AvgIpc) is 3.20. The van der Waals surface area contributed by atoms with Crippen molar-refractivity contribution in [3.05, 3.63) is 43.8 Å². The van der Waals surface area contributed by atoms with Crippen LogP contribution in [-0.4, -0.2) is 66.7 Å². The first kappa shape index (κ1) is 28.7. The van der Waals surface area contributed by atoms with Crippen molar-refractivity contribution in [3.8, 4) is 18.4 Å². The predicted molar refractivity (Wildman–Crippen MR) is 149 cm³/mol. The van der Waals surface area contributed by atoms with Crippen molar-refractivity contribution in [2.75, 3.05) is 43.4 Å². The molecule has 2 unspecified atom stereocenters. The fourth-order valence-corrected chi connectivity index (χ4v) is 5.30. The molecule has 0 spiro atoms. The van der Waals surface area contributed by atoms with Gasteiger partial charge in [0.05, 0.1) is 25.3 Å². The highest BCUT2D eigenvalue weighted by atomic mass is 32.1. The first-order valence-corrected chi connectivity index (χ1v) is 13.1. The van der Waals surface area contributed by atoms with E-state index < -0.39 is 5.91 Å². The van der Waals surface area contributed by atoms with Crippen molar-refractivity contribution < 1.29 is 14.3 Å². The molecule has 3 rings (SSSR count). The summed E-state index contributed by atoms with van der Waals surface area (Å²) in [6.45, 7) is 7.73. The van der Waals surface area contributed by atoms with Crippen molar-refractivity contribution in [2.24, 2.45) is 0 Å². The summed E-state index contributed by atoms with van der Waals surface area (Å²) in [5, 5.41) is 15.1. The molecule has 1 aromatic carbocycles. The molecular weight excluding hydrogens is 504 g/mol. The van der Waals surface area contributed by atoms with Crippen molar-refractivity contribution in [2.45, 2.75) is 39.5 Å². The Bertz CT molecular complexity index is 1440. The number of thiazole rings is 1. The molecule has 2 amide bonds. The lowest BCUT2D eigenvalue weighted by Crippen LogP contribution is -2.49. The van der Waals surface area contributed by atoms with Crippen molar-refractivity contribution in [1.29, 1.82) is 5.26 Å². The zero-order valence-corrected chi connectivity index (χ0v) is 22.8. The molecule has 1 saturated heterocycles. The molecule has 1 fully saturated rings. The maximum atomic E-state index is 12.9. The van der Waals surface area contributed by atoms with Gasteiger partial charge in [0.15, 0.2) is 5.57 Å². The Balaban J connectivity index is 1.82. The maximum absolute atomic E-state index is 12.9. The van der Waals surface area contributed by atoms with Crippen LogP contribution in [-0.2, 0) is 20.9 Å². The van der Waals surface area contributed by atoms with Gasteiger partial charge in [-0.25, -0.2) is 0 Å². The summed E-state index contributed by atoms with van der Waals surface area (Å²) in [4.78, 5) is 42.0. The van der Waals surface area contributed by atoms with Crippen LogP contribution in [0.5, 0.6) is 0 Å². The van der Waals surface area contributed by atoms with Gasteiger partial charge in [-0.2, -0.15) is 5.26 Å². The van der Waals surface area contributed by atoms with Gasteiger partial charge in [0.1, 0.15) is 15.3 Å². The van der Waals surface area contributed by atoms with Crippen LogP contribution in [0.4, 0.5) is 11.4 Å². The molecule has 0 aliphatic carbocycles. The number of terminal acetylenes is 1. The molecular formula is C27H32N6O4S. The minimum absolute atomic E-state index is 0.0235.